The Bertz CT molecular complexity index is 1170. The maximum absolute atomic E-state index is 12.3. The average molecular weight is 489 g/mol. The quantitative estimate of drug-likeness (QED) is 0.556. The van der Waals surface area contributed by atoms with Crippen LogP contribution in [0, 0.1) is 6.92 Å². The standard InChI is InChI=1S/C23H26Cl2N6O2/c1-14-18-11-16(28-21(32)13-33-20-5-4-15(24)10-19(20)25)12-26-22(18)29-23(27-14)31-8-6-17(7-9-31)30(2)3/h4-5,10-12,17H,6-9,13H2,1-3H3,(H,28,32). The summed E-state index contributed by atoms with van der Waals surface area (Å²) in [6.07, 6.45) is 3.74. The lowest BCUT2D eigenvalue weighted by molar-refractivity contribution is -0.118. The van der Waals surface area contributed by atoms with Crippen molar-refractivity contribution in [2.45, 2.75) is 25.8 Å². The first kappa shape index (κ1) is 23.5. The summed E-state index contributed by atoms with van der Waals surface area (Å²) in [4.78, 5) is 30.7. The van der Waals surface area contributed by atoms with E-state index in [1.54, 1.807) is 24.4 Å². The van der Waals surface area contributed by atoms with Crippen LogP contribution in [0.15, 0.2) is 30.5 Å². The third-order valence-corrected chi connectivity index (χ3v) is 6.27. The summed E-state index contributed by atoms with van der Waals surface area (Å²) in [5, 5.41) is 4.43. The van der Waals surface area contributed by atoms with E-state index < -0.39 is 0 Å². The van der Waals surface area contributed by atoms with Crippen LogP contribution in [0.25, 0.3) is 11.0 Å². The molecule has 0 spiro atoms. The van der Waals surface area contributed by atoms with E-state index in [0.717, 1.165) is 37.0 Å². The minimum absolute atomic E-state index is 0.198. The highest BCUT2D eigenvalue weighted by atomic mass is 35.5. The Hall–Kier alpha value is -2.68. The highest BCUT2D eigenvalue weighted by Gasteiger charge is 2.23. The van der Waals surface area contributed by atoms with E-state index in [4.69, 9.17) is 32.9 Å². The Labute approximate surface area is 202 Å². The van der Waals surface area contributed by atoms with E-state index in [1.807, 2.05) is 13.0 Å². The predicted octanol–water partition coefficient (Wildman–Crippen LogP) is 4.19. The first-order valence-electron chi connectivity index (χ1n) is 10.7. The number of hydrogen-bond acceptors (Lipinski definition) is 7. The molecule has 3 heterocycles. The molecule has 1 aliphatic rings. The third kappa shape index (κ3) is 5.63. The molecule has 4 rings (SSSR count). The van der Waals surface area contributed by atoms with Crippen molar-refractivity contribution in [3.05, 3.63) is 46.2 Å². The van der Waals surface area contributed by atoms with Gasteiger partial charge in [0.15, 0.2) is 12.3 Å². The number of ether oxygens (including phenoxy) is 1. The van der Waals surface area contributed by atoms with Gasteiger partial charge in [0.05, 0.1) is 22.6 Å². The molecular weight excluding hydrogens is 463 g/mol. The summed E-state index contributed by atoms with van der Waals surface area (Å²) in [7, 11) is 4.24. The molecule has 1 amide bonds. The van der Waals surface area contributed by atoms with E-state index in [1.165, 1.54) is 0 Å². The summed E-state index contributed by atoms with van der Waals surface area (Å²) in [6.45, 7) is 3.56. The Morgan fingerprint density at radius 2 is 1.97 bits per heavy atom. The molecule has 1 aliphatic heterocycles. The maximum atomic E-state index is 12.3. The smallest absolute Gasteiger partial charge is 0.262 e. The fourth-order valence-corrected chi connectivity index (χ4v) is 4.33. The summed E-state index contributed by atoms with van der Waals surface area (Å²) in [5.74, 6) is 0.759. The van der Waals surface area contributed by atoms with Crippen LogP contribution in [0.3, 0.4) is 0 Å². The van der Waals surface area contributed by atoms with Gasteiger partial charge in [-0.3, -0.25) is 4.79 Å². The topological polar surface area (TPSA) is 83.5 Å². The molecule has 0 saturated carbocycles. The van der Waals surface area contributed by atoms with E-state index in [2.05, 4.69) is 39.2 Å². The molecule has 2 aromatic heterocycles. The Morgan fingerprint density at radius 3 is 2.67 bits per heavy atom. The fourth-order valence-electron chi connectivity index (χ4n) is 3.87. The number of halogens is 2. The number of aryl methyl sites for hydroxylation is 1. The second kappa shape index (κ2) is 10.1. The second-order valence-electron chi connectivity index (χ2n) is 8.30. The molecule has 33 heavy (non-hydrogen) atoms. The molecular formula is C23H26Cl2N6O2. The maximum Gasteiger partial charge on any atom is 0.262 e. The lowest BCUT2D eigenvalue weighted by Gasteiger charge is -2.35. The van der Waals surface area contributed by atoms with Gasteiger partial charge < -0.3 is 19.9 Å². The van der Waals surface area contributed by atoms with Gasteiger partial charge >= 0.3 is 0 Å². The zero-order valence-electron chi connectivity index (χ0n) is 18.8. The molecule has 8 nitrogen and oxygen atoms in total. The van der Waals surface area contributed by atoms with Crippen LogP contribution in [0.4, 0.5) is 11.6 Å². The molecule has 0 unspecified atom stereocenters. The van der Waals surface area contributed by atoms with Crippen LogP contribution in [-0.4, -0.2) is 65.6 Å². The minimum atomic E-state index is -0.332. The molecule has 0 bridgehead atoms. The van der Waals surface area contributed by atoms with Gasteiger partial charge in [-0.05, 0) is 58.1 Å². The highest BCUT2D eigenvalue weighted by molar-refractivity contribution is 6.35. The normalized spacial score (nSPS) is 14.7. The number of piperidine rings is 1. The Balaban J connectivity index is 1.42. The van der Waals surface area contributed by atoms with Crippen LogP contribution in [0.5, 0.6) is 5.75 Å². The van der Waals surface area contributed by atoms with Gasteiger partial charge in [-0.25, -0.2) is 9.97 Å². The number of rotatable bonds is 6. The molecule has 0 radical (unpaired) electrons. The number of aromatic nitrogens is 3. The number of amides is 1. The van der Waals surface area contributed by atoms with Crippen LogP contribution < -0.4 is 15.0 Å². The molecule has 1 aromatic carbocycles. The van der Waals surface area contributed by atoms with Crippen molar-refractivity contribution in [2.75, 3.05) is 44.0 Å². The fraction of sp³-hybridized carbons (Fsp3) is 0.391. The number of carbonyl (C=O) groups excluding carboxylic acids is 1. The van der Waals surface area contributed by atoms with Gasteiger partial charge in [-0.2, -0.15) is 4.98 Å². The summed E-state index contributed by atoms with van der Waals surface area (Å²) in [5.41, 5.74) is 1.97. The van der Waals surface area contributed by atoms with Gasteiger partial charge in [0.2, 0.25) is 5.95 Å². The van der Waals surface area contributed by atoms with Crippen molar-refractivity contribution in [3.63, 3.8) is 0 Å². The molecule has 10 heteroatoms. The monoisotopic (exact) mass is 488 g/mol. The molecule has 0 aliphatic carbocycles. The second-order valence-corrected chi connectivity index (χ2v) is 9.14. The van der Waals surface area contributed by atoms with Crippen molar-refractivity contribution in [1.29, 1.82) is 0 Å². The van der Waals surface area contributed by atoms with E-state index in [-0.39, 0.29) is 12.5 Å². The van der Waals surface area contributed by atoms with Crippen molar-refractivity contribution >= 4 is 51.8 Å². The summed E-state index contributed by atoms with van der Waals surface area (Å²) >= 11 is 12.0. The lowest BCUT2D eigenvalue weighted by Crippen LogP contribution is -2.42. The van der Waals surface area contributed by atoms with E-state index in [0.29, 0.717) is 39.1 Å². The Morgan fingerprint density at radius 1 is 1.21 bits per heavy atom. The van der Waals surface area contributed by atoms with Gasteiger partial charge in [0.1, 0.15) is 5.75 Å². The molecule has 3 aromatic rings. The molecule has 1 fully saturated rings. The van der Waals surface area contributed by atoms with Gasteiger partial charge in [0, 0.05) is 29.5 Å². The van der Waals surface area contributed by atoms with Crippen molar-refractivity contribution in [3.8, 4) is 5.75 Å². The number of pyridine rings is 1. The number of anilines is 2. The number of carbonyl (C=O) groups is 1. The third-order valence-electron chi connectivity index (χ3n) is 5.74. The van der Waals surface area contributed by atoms with Gasteiger partial charge in [-0.1, -0.05) is 23.2 Å². The van der Waals surface area contributed by atoms with E-state index >= 15 is 0 Å². The molecule has 0 atom stereocenters. The molecule has 1 saturated heterocycles. The average Bonchev–Trinajstić information content (AvgIpc) is 2.79. The van der Waals surface area contributed by atoms with Crippen molar-refractivity contribution < 1.29 is 9.53 Å². The molecule has 174 valence electrons. The minimum Gasteiger partial charge on any atom is -0.482 e. The summed E-state index contributed by atoms with van der Waals surface area (Å²) in [6, 6.07) is 7.25. The van der Waals surface area contributed by atoms with Crippen molar-refractivity contribution in [2.24, 2.45) is 0 Å². The lowest BCUT2D eigenvalue weighted by atomic mass is 10.0. The van der Waals surface area contributed by atoms with E-state index in [9.17, 15) is 4.79 Å². The number of fused-ring (bicyclic) bond motifs is 1. The number of hydrogen-bond donors (Lipinski definition) is 1. The van der Waals surface area contributed by atoms with Crippen LogP contribution >= 0.6 is 23.2 Å². The highest BCUT2D eigenvalue weighted by Crippen LogP contribution is 2.28. The number of nitrogens with one attached hydrogen (secondary N) is 1. The van der Waals surface area contributed by atoms with Gasteiger partial charge in [-0.15, -0.1) is 0 Å². The van der Waals surface area contributed by atoms with Crippen molar-refractivity contribution in [1.82, 2.24) is 19.9 Å². The molecule has 1 N–H and O–H groups in total. The zero-order chi connectivity index (χ0) is 23.5. The predicted molar refractivity (Wildman–Crippen MR) is 132 cm³/mol. The first-order valence-corrected chi connectivity index (χ1v) is 11.5. The largest absolute Gasteiger partial charge is 0.482 e. The number of nitrogens with zero attached hydrogens (tertiary/aromatic N) is 5. The number of benzene rings is 1. The first-order chi connectivity index (χ1) is 15.8. The van der Waals surface area contributed by atoms with Gasteiger partial charge in [0.25, 0.3) is 5.91 Å². The zero-order valence-corrected chi connectivity index (χ0v) is 20.3. The van der Waals surface area contributed by atoms with Crippen LogP contribution in [-0.2, 0) is 4.79 Å². The summed E-state index contributed by atoms with van der Waals surface area (Å²) < 4.78 is 5.49. The van der Waals surface area contributed by atoms with Crippen LogP contribution in [0.2, 0.25) is 10.0 Å². The van der Waals surface area contributed by atoms with Crippen LogP contribution in [0.1, 0.15) is 18.5 Å². The SMILES string of the molecule is Cc1nc(N2CCC(N(C)C)CC2)nc2ncc(NC(=O)COc3ccc(Cl)cc3Cl)cc12. The Kier molecular flexibility index (Phi) is 7.17.